The van der Waals surface area contributed by atoms with E-state index < -0.39 is 10.0 Å². The molecule has 28 heavy (non-hydrogen) atoms. The van der Waals surface area contributed by atoms with E-state index in [-0.39, 0.29) is 29.8 Å². The number of benzene rings is 2. The van der Waals surface area contributed by atoms with Gasteiger partial charge in [-0.3, -0.25) is 4.79 Å². The van der Waals surface area contributed by atoms with Gasteiger partial charge in [-0.25, -0.2) is 13.1 Å². The first kappa shape index (κ1) is 22.1. The maximum atomic E-state index is 12.2. The van der Waals surface area contributed by atoms with Gasteiger partial charge in [-0.2, -0.15) is 0 Å². The topological polar surface area (TPSA) is 78.5 Å². The van der Waals surface area contributed by atoms with Crippen molar-refractivity contribution in [1.82, 2.24) is 14.9 Å². The zero-order valence-corrected chi connectivity index (χ0v) is 17.5. The maximum absolute atomic E-state index is 12.2. The molecular formula is C21H29N3O3S. The second-order valence-electron chi connectivity index (χ2n) is 6.84. The molecule has 0 saturated carbocycles. The second kappa shape index (κ2) is 10.4. The fraction of sp³-hybridized carbons (Fsp3) is 0.381. The molecule has 0 aromatic heterocycles. The van der Waals surface area contributed by atoms with E-state index in [1.807, 2.05) is 14.1 Å². The van der Waals surface area contributed by atoms with Gasteiger partial charge in [-0.05, 0) is 43.8 Å². The number of nitrogens with zero attached hydrogens (tertiary/aromatic N) is 1. The summed E-state index contributed by atoms with van der Waals surface area (Å²) in [7, 11) is 0.353. The largest absolute Gasteiger partial charge is 0.354 e. The lowest BCUT2D eigenvalue weighted by atomic mass is 10.0. The number of carbonyl (C=O) groups excluding carboxylic acids is 1. The molecule has 1 unspecified atom stereocenters. The Balaban J connectivity index is 1.84. The first-order chi connectivity index (χ1) is 13.3. The number of amides is 1. The van der Waals surface area contributed by atoms with Gasteiger partial charge in [0.25, 0.3) is 0 Å². The molecule has 2 aromatic carbocycles. The van der Waals surface area contributed by atoms with E-state index in [9.17, 15) is 13.2 Å². The van der Waals surface area contributed by atoms with Crippen molar-refractivity contribution in [3.8, 4) is 0 Å². The van der Waals surface area contributed by atoms with Crippen LogP contribution in [0.25, 0.3) is 0 Å². The molecular weight excluding hydrogens is 374 g/mol. The van der Waals surface area contributed by atoms with Crippen molar-refractivity contribution in [2.45, 2.75) is 30.7 Å². The lowest BCUT2D eigenvalue weighted by Crippen LogP contribution is -2.36. The Bertz CT molecular complexity index is 850. The van der Waals surface area contributed by atoms with E-state index >= 15 is 0 Å². The summed E-state index contributed by atoms with van der Waals surface area (Å²) in [6, 6.07) is 16.6. The average Bonchev–Trinajstić information content (AvgIpc) is 2.69. The Morgan fingerprint density at radius 1 is 1.04 bits per heavy atom. The van der Waals surface area contributed by atoms with E-state index in [2.05, 4.69) is 46.1 Å². The third kappa shape index (κ3) is 6.44. The minimum absolute atomic E-state index is 0.0517. The molecule has 1 atom stereocenters. The fourth-order valence-corrected chi connectivity index (χ4v) is 3.91. The van der Waals surface area contributed by atoms with Gasteiger partial charge in [-0.1, -0.05) is 49.4 Å². The molecule has 0 saturated heterocycles. The van der Waals surface area contributed by atoms with Crippen molar-refractivity contribution in [3.05, 3.63) is 65.7 Å². The Labute approximate surface area is 168 Å². The minimum Gasteiger partial charge on any atom is -0.354 e. The van der Waals surface area contributed by atoms with E-state index in [1.165, 1.54) is 17.7 Å². The van der Waals surface area contributed by atoms with Gasteiger partial charge < -0.3 is 10.2 Å². The quantitative estimate of drug-likeness (QED) is 0.638. The molecule has 2 rings (SSSR count). The summed E-state index contributed by atoms with van der Waals surface area (Å²) >= 11 is 0. The zero-order chi connectivity index (χ0) is 20.6. The summed E-state index contributed by atoms with van der Waals surface area (Å²) in [5, 5.41) is 2.90. The fourth-order valence-electron chi connectivity index (χ4n) is 2.85. The standard InChI is InChI=1S/C21H29N3O3S/c1-4-17-10-12-18(13-11-17)20(24(2)3)16-22-21(25)14-15-23-28(26,27)19-8-6-5-7-9-19/h5-13,20,23H,4,14-16H2,1-3H3,(H,22,25). The van der Waals surface area contributed by atoms with Crippen LogP contribution in [-0.4, -0.2) is 46.4 Å². The van der Waals surface area contributed by atoms with Crippen LogP contribution in [0.15, 0.2) is 59.5 Å². The van der Waals surface area contributed by atoms with Crippen LogP contribution < -0.4 is 10.0 Å². The summed E-state index contributed by atoms with van der Waals surface area (Å²) in [5.74, 6) is -0.187. The van der Waals surface area contributed by atoms with Gasteiger partial charge in [0, 0.05) is 19.5 Å². The maximum Gasteiger partial charge on any atom is 0.240 e. The third-order valence-electron chi connectivity index (χ3n) is 4.59. The third-order valence-corrected chi connectivity index (χ3v) is 6.06. The van der Waals surface area contributed by atoms with Gasteiger partial charge in [0.15, 0.2) is 0 Å². The normalized spacial score (nSPS) is 12.7. The number of likely N-dealkylation sites (N-methyl/N-ethyl adjacent to an activating group) is 1. The second-order valence-corrected chi connectivity index (χ2v) is 8.61. The highest BCUT2D eigenvalue weighted by Gasteiger charge is 2.16. The van der Waals surface area contributed by atoms with E-state index in [0.717, 1.165) is 12.0 Å². The molecule has 0 radical (unpaired) electrons. The van der Waals surface area contributed by atoms with Crippen molar-refractivity contribution in [2.24, 2.45) is 0 Å². The molecule has 2 N–H and O–H groups in total. The van der Waals surface area contributed by atoms with Crippen LogP contribution in [-0.2, 0) is 21.2 Å². The highest BCUT2D eigenvalue weighted by molar-refractivity contribution is 7.89. The van der Waals surface area contributed by atoms with Crippen LogP contribution in [0.2, 0.25) is 0 Å². The summed E-state index contributed by atoms with van der Waals surface area (Å²) in [6.45, 7) is 2.63. The Morgan fingerprint density at radius 3 is 2.25 bits per heavy atom. The number of hydrogen-bond donors (Lipinski definition) is 2. The molecule has 7 heteroatoms. The van der Waals surface area contributed by atoms with Crippen molar-refractivity contribution in [3.63, 3.8) is 0 Å². The number of carbonyl (C=O) groups is 1. The minimum atomic E-state index is -3.59. The van der Waals surface area contributed by atoms with Crippen LogP contribution in [0.1, 0.15) is 30.5 Å². The highest BCUT2D eigenvalue weighted by Crippen LogP contribution is 2.18. The molecule has 1 amide bonds. The van der Waals surface area contributed by atoms with E-state index in [0.29, 0.717) is 6.54 Å². The molecule has 6 nitrogen and oxygen atoms in total. The first-order valence-electron chi connectivity index (χ1n) is 9.40. The van der Waals surface area contributed by atoms with Crippen molar-refractivity contribution < 1.29 is 13.2 Å². The zero-order valence-electron chi connectivity index (χ0n) is 16.7. The van der Waals surface area contributed by atoms with Crippen LogP contribution in [0, 0.1) is 0 Å². The van der Waals surface area contributed by atoms with Crippen LogP contribution in [0.4, 0.5) is 0 Å². The number of hydrogen-bond acceptors (Lipinski definition) is 4. The van der Waals surface area contributed by atoms with Crippen LogP contribution in [0.5, 0.6) is 0 Å². The molecule has 0 aliphatic heterocycles. The van der Waals surface area contributed by atoms with Crippen LogP contribution in [0.3, 0.4) is 0 Å². The molecule has 152 valence electrons. The summed E-state index contributed by atoms with van der Waals surface area (Å²) in [6.07, 6.45) is 1.07. The molecule has 0 heterocycles. The van der Waals surface area contributed by atoms with E-state index in [1.54, 1.807) is 18.2 Å². The molecule has 0 bridgehead atoms. The Kier molecular flexibility index (Phi) is 8.17. The molecule has 2 aromatic rings. The Morgan fingerprint density at radius 2 is 1.68 bits per heavy atom. The van der Waals surface area contributed by atoms with Gasteiger partial charge in [-0.15, -0.1) is 0 Å². The average molecular weight is 404 g/mol. The van der Waals surface area contributed by atoms with Crippen LogP contribution >= 0.6 is 0 Å². The van der Waals surface area contributed by atoms with Gasteiger partial charge >= 0.3 is 0 Å². The number of aryl methyl sites for hydroxylation is 1. The molecule has 0 fully saturated rings. The summed E-state index contributed by atoms with van der Waals surface area (Å²) < 4.78 is 26.8. The highest BCUT2D eigenvalue weighted by atomic mass is 32.2. The lowest BCUT2D eigenvalue weighted by molar-refractivity contribution is -0.121. The lowest BCUT2D eigenvalue weighted by Gasteiger charge is -2.25. The predicted octanol–water partition coefficient (Wildman–Crippen LogP) is 2.34. The molecule has 0 aliphatic rings. The number of sulfonamides is 1. The molecule has 0 spiro atoms. The molecule has 0 aliphatic carbocycles. The van der Waals surface area contributed by atoms with Gasteiger partial charge in [0.1, 0.15) is 0 Å². The van der Waals surface area contributed by atoms with Gasteiger partial charge in [0.2, 0.25) is 15.9 Å². The monoisotopic (exact) mass is 403 g/mol. The SMILES string of the molecule is CCc1ccc(C(CNC(=O)CCNS(=O)(=O)c2ccccc2)N(C)C)cc1. The predicted molar refractivity (Wildman–Crippen MR) is 112 cm³/mol. The summed E-state index contributed by atoms with van der Waals surface area (Å²) in [4.78, 5) is 14.4. The summed E-state index contributed by atoms with van der Waals surface area (Å²) in [5.41, 5.74) is 2.41. The number of nitrogens with one attached hydrogen (secondary N) is 2. The van der Waals surface area contributed by atoms with Crippen molar-refractivity contribution in [2.75, 3.05) is 27.2 Å². The smallest absolute Gasteiger partial charge is 0.240 e. The van der Waals surface area contributed by atoms with Crippen molar-refractivity contribution >= 4 is 15.9 Å². The van der Waals surface area contributed by atoms with Crippen molar-refractivity contribution in [1.29, 1.82) is 0 Å². The van der Waals surface area contributed by atoms with Gasteiger partial charge in [0.05, 0.1) is 10.9 Å². The number of rotatable bonds is 10. The van der Waals surface area contributed by atoms with E-state index in [4.69, 9.17) is 0 Å². The first-order valence-corrected chi connectivity index (χ1v) is 10.9. The Hall–Kier alpha value is -2.22.